The molecule has 0 saturated carbocycles. The lowest BCUT2D eigenvalue weighted by molar-refractivity contribution is -0.385. The van der Waals surface area contributed by atoms with Crippen LogP contribution in [-0.4, -0.2) is 44.9 Å². The van der Waals surface area contributed by atoms with Crippen molar-refractivity contribution >= 4 is 11.8 Å². The quantitative estimate of drug-likeness (QED) is 0.581. The van der Waals surface area contributed by atoms with Gasteiger partial charge in [0.15, 0.2) is 0 Å². The van der Waals surface area contributed by atoms with Gasteiger partial charge >= 0.3 is 11.8 Å². The van der Waals surface area contributed by atoms with Crippen LogP contribution >= 0.6 is 0 Å². The van der Waals surface area contributed by atoms with E-state index in [4.69, 9.17) is 4.74 Å². The van der Waals surface area contributed by atoms with Gasteiger partial charge in [-0.05, 0) is 32.8 Å². The summed E-state index contributed by atoms with van der Waals surface area (Å²) in [6.45, 7) is 5.72. The van der Waals surface area contributed by atoms with Gasteiger partial charge in [-0.2, -0.15) is 5.10 Å². The smallest absolute Gasteiger partial charge is 0.410 e. The zero-order valence-electron chi connectivity index (χ0n) is 15.5. The summed E-state index contributed by atoms with van der Waals surface area (Å²) in [6, 6.07) is 9.45. The molecule has 0 N–H and O–H groups in total. The largest absolute Gasteiger partial charge is 0.444 e. The van der Waals surface area contributed by atoms with E-state index >= 15 is 0 Å². The molecule has 8 nitrogen and oxygen atoms in total. The molecule has 0 spiro atoms. The first-order chi connectivity index (χ1) is 12.2. The van der Waals surface area contributed by atoms with Crippen LogP contribution in [0.4, 0.5) is 10.5 Å². The standard InChI is InChI=1S/C18H24N4O4/c1-18(2,3)26-17(23)20(4)12-15(10-14-8-6-5-7-9-14)21-13-16(11-19-21)22(24)25/h5-9,11,13,15H,10,12H2,1-4H3. The Morgan fingerprint density at radius 1 is 1.35 bits per heavy atom. The lowest BCUT2D eigenvalue weighted by Crippen LogP contribution is -2.38. The van der Waals surface area contributed by atoms with Gasteiger partial charge in [-0.15, -0.1) is 0 Å². The van der Waals surface area contributed by atoms with E-state index in [0.717, 1.165) is 5.56 Å². The number of carbonyl (C=O) groups is 1. The number of hydrogen-bond acceptors (Lipinski definition) is 5. The van der Waals surface area contributed by atoms with Crippen LogP contribution in [0.25, 0.3) is 0 Å². The fraction of sp³-hybridized carbons (Fsp3) is 0.444. The molecule has 1 heterocycles. The predicted molar refractivity (Wildman–Crippen MR) is 96.9 cm³/mol. The molecule has 1 aromatic carbocycles. The van der Waals surface area contributed by atoms with E-state index in [1.807, 2.05) is 30.3 Å². The van der Waals surface area contributed by atoms with Crippen LogP contribution < -0.4 is 0 Å². The number of aromatic nitrogens is 2. The summed E-state index contributed by atoms with van der Waals surface area (Å²) in [7, 11) is 1.64. The summed E-state index contributed by atoms with van der Waals surface area (Å²) >= 11 is 0. The van der Waals surface area contributed by atoms with Crippen molar-refractivity contribution in [3.63, 3.8) is 0 Å². The first-order valence-electron chi connectivity index (χ1n) is 8.32. The minimum Gasteiger partial charge on any atom is -0.444 e. The maximum absolute atomic E-state index is 12.3. The third kappa shape index (κ3) is 5.58. The fourth-order valence-corrected chi connectivity index (χ4v) is 2.48. The Kier molecular flexibility index (Phi) is 5.97. The summed E-state index contributed by atoms with van der Waals surface area (Å²) in [5.74, 6) is 0. The molecule has 0 radical (unpaired) electrons. The van der Waals surface area contributed by atoms with Gasteiger partial charge < -0.3 is 9.64 Å². The molecule has 0 aliphatic heterocycles. The summed E-state index contributed by atoms with van der Waals surface area (Å²) in [6.07, 6.45) is 2.73. The lowest BCUT2D eigenvalue weighted by atomic mass is 10.1. The minimum atomic E-state index is -0.593. The molecule has 140 valence electrons. The maximum atomic E-state index is 12.3. The number of ether oxygens (including phenoxy) is 1. The van der Waals surface area contributed by atoms with Crippen LogP contribution in [0.2, 0.25) is 0 Å². The van der Waals surface area contributed by atoms with Gasteiger partial charge in [0.05, 0.1) is 11.0 Å². The second-order valence-electron chi connectivity index (χ2n) is 7.14. The number of carbonyl (C=O) groups excluding carboxylic acids is 1. The predicted octanol–water partition coefficient (Wildman–Crippen LogP) is 3.44. The topological polar surface area (TPSA) is 90.5 Å². The fourth-order valence-electron chi connectivity index (χ4n) is 2.48. The van der Waals surface area contributed by atoms with E-state index in [-0.39, 0.29) is 11.7 Å². The molecular weight excluding hydrogens is 336 g/mol. The second-order valence-corrected chi connectivity index (χ2v) is 7.14. The molecule has 1 aromatic heterocycles. The molecule has 0 saturated heterocycles. The average molecular weight is 360 g/mol. The minimum absolute atomic E-state index is 0.0806. The molecule has 0 bridgehead atoms. The van der Waals surface area contributed by atoms with Crippen molar-refractivity contribution in [3.8, 4) is 0 Å². The van der Waals surface area contributed by atoms with Crippen LogP contribution in [0.1, 0.15) is 32.4 Å². The number of rotatable bonds is 6. The Balaban J connectivity index is 2.19. The van der Waals surface area contributed by atoms with E-state index in [0.29, 0.717) is 13.0 Å². The van der Waals surface area contributed by atoms with Gasteiger partial charge in [0.25, 0.3) is 0 Å². The molecule has 26 heavy (non-hydrogen) atoms. The number of benzene rings is 1. The van der Waals surface area contributed by atoms with Crippen LogP contribution in [0.3, 0.4) is 0 Å². The summed E-state index contributed by atoms with van der Waals surface area (Å²) in [5.41, 5.74) is 0.376. The van der Waals surface area contributed by atoms with Crippen LogP contribution in [0, 0.1) is 10.1 Å². The highest BCUT2D eigenvalue weighted by Crippen LogP contribution is 2.19. The van der Waals surface area contributed by atoms with Crippen molar-refractivity contribution in [3.05, 3.63) is 58.4 Å². The van der Waals surface area contributed by atoms with Gasteiger partial charge in [-0.25, -0.2) is 4.79 Å². The molecule has 2 rings (SSSR count). The lowest BCUT2D eigenvalue weighted by Gasteiger charge is -2.27. The molecule has 8 heteroatoms. The molecule has 0 aliphatic carbocycles. The third-order valence-electron chi connectivity index (χ3n) is 3.68. The van der Waals surface area contributed by atoms with E-state index in [1.54, 1.807) is 27.8 Å². The normalized spacial score (nSPS) is 12.5. The van der Waals surface area contributed by atoms with Crippen molar-refractivity contribution in [2.24, 2.45) is 0 Å². The van der Waals surface area contributed by atoms with Crippen molar-refractivity contribution in [2.75, 3.05) is 13.6 Å². The molecule has 0 fully saturated rings. The maximum Gasteiger partial charge on any atom is 0.410 e. The summed E-state index contributed by atoms with van der Waals surface area (Å²) in [4.78, 5) is 24.2. The number of hydrogen-bond donors (Lipinski definition) is 0. The van der Waals surface area contributed by atoms with E-state index in [2.05, 4.69) is 5.10 Å². The average Bonchev–Trinajstić information content (AvgIpc) is 3.03. The number of amides is 1. The highest BCUT2D eigenvalue weighted by atomic mass is 16.6. The molecule has 1 atom stereocenters. The van der Waals surface area contributed by atoms with Gasteiger partial charge in [-0.3, -0.25) is 14.8 Å². The summed E-state index contributed by atoms with van der Waals surface area (Å²) < 4.78 is 6.91. The molecule has 1 unspecified atom stereocenters. The third-order valence-corrected chi connectivity index (χ3v) is 3.68. The van der Waals surface area contributed by atoms with E-state index in [1.165, 1.54) is 22.0 Å². The SMILES string of the molecule is CN(CC(Cc1ccccc1)n1cc([N+](=O)[O-])cn1)C(=O)OC(C)(C)C. The number of nitro groups is 1. The van der Waals surface area contributed by atoms with E-state index in [9.17, 15) is 14.9 Å². The van der Waals surface area contributed by atoms with Gasteiger partial charge in [0.1, 0.15) is 18.0 Å². The van der Waals surface area contributed by atoms with Crippen molar-refractivity contribution in [1.29, 1.82) is 0 Å². The Morgan fingerprint density at radius 3 is 2.54 bits per heavy atom. The Bertz CT molecular complexity index is 752. The summed E-state index contributed by atoms with van der Waals surface area (Å²) in [5, 5.41) is 15.1. The molecule has 2 aromatic rings. The molecular formula is C18H24N4O4. The van der Waals surface area contributed by atoms with Crippen LogP contribution in [0.5, 0.6) is 0 Å². The second kappa shape index (κ2) is 7.99. The van der Waals surface area contributed by atoms with Crippen molar-refractivity contribution in [2.45, 2.75) is 38.8 Å². The van der Waals surface area contributed by atoms with Crippen molar-refractivity contribution in [1.82, 2.24) is 14.7 Å². The highest BCUT2D eigenvalue weighted by molar-refractivity contribution is 5.67. The Morgan fingerprint density at radius 2 is 2.00 bits per heavy atom. The zero-order valence-corrected chi connectivity index (χ0v) is 15.5. The Labute approximate surface area is 152 Å². The van der Waals surface area contributed by atoms with Gasteiger partial charge in [-0.1, -0.05) is 30.3 Å². The Hall–Kier alpha value is -2.90. The van der Waals surface area contributed by atoms with Crippen molar-refractivity contribution < 1.29 is 14.5 Å². The molecule has 0 aliphatic rings. The van der Waals surface area contributed by atoms with Gasteiger partial charge in [0, 0.05) is 13.6 Å². The number of nitrogens with zero attached hydrogens (tertiary/aromatic N) is 4. The first-order valence-corrected chi connectivity index (χ1v) is 8.32. The highest BCUT2D eigenvalue weighted by Gasteiger charge is 2.24. The van der Waals surface area contributed by atoms with E-state index < -0.39 is 16.6 Å². The monoisotopic (exact) mass is 360 g/mol. The molecule has 1 amide bonds. The van der Waals surface area contributed by atoms with Crippen LogP contribution in [-0.2, 0) is 11.2 Å². The first kappa shape index (κ1) is 19.4. The van der Waals surface area contributed by atoms with Gasteiger partial charge in [0.2, 0.25) is 0 Å². The number of likely N-dealkylation sites (N-methyl/N-ethyl adjacent to an activating group) is 1. The van der Waals surface area contributed by atoms with Crippen LogP contribution in [0.15, 0.2) is 42.7 Å². The zero-order chi connectivity index (χ0) is 19.3.